The fourth-order valence-electron chi connectivity index (χ4n) is 2.96. The van der Waals surface area contributed by atoms with Gasteiger partial charge in [0.05, 0.1) is 0 Å². The highest BCUT2D eigenvalue weighted by molar-refractivity contribution is 5.24. The number of hydrogen-bond donors (Lipinski definition) is 1. The third-order valence-corrected chi connectivity index (χ3v) is 4.22. The third-order valence-electron chi connectivity index (χ3n) is 4.22. The number of nitrogens with one attached hydrogen (secondary N) is 1. The van der Waals surface area contributed by atoms with E-state index < -0.39 is 0 Å². The molecular formula is C18H19F2N. The van der Waals surface area contributed by atoms with Gasteiger partial charge in [0.25, 0.3) is 0 Å². The normalized spacial score (nSPS) is 21.0. The maximum Gasteiger partial charge on any atom is 0.126 e. The molecule has 21 heavy (non-hydrogen) atoms. The maximum atomic E-state index is 13.6. The minimum Gasteiger partial charge on any atom is -0.314 e. The summed E-state index contributed by atoms with van der Waals surface area (Å²) in [6.45, 7) is 0.831. The maximum absolute atomic E-state index is 13.6. The van der Waals surface area contributed by atoms with Crippen LogP contribution >= 0.6 is 0 Å². The summed E-state index contributed by atoms with van der Waals surface area (Å²) in [5.74, 6) is 0.0503. The van der Waals surface area contributed by atoms with Crippen LogP contribution in [0.1, 0.15) is 29.9 Å². The standard InChI is InChI=1S/C18H19F2N/c19-15-5-3-4-13(10-15)8-9-21-16-11-14(12-16)17-6-1-2-7-18(17)20/h1-7,10,14,16,21H,8-9,11-12H2. The Kier molecular flexibility index (Phi) is 4.30. The first-order valence-corrected chi connectivity index (χ1v) is 7.44. The average Bonchev–Trinajstić information content (AvgIpc) is 2.43. The lowest BCUT2D eigenvalue weighted by molar-refractivity contribution is 0.287. The van der Waals surface area contributed by atoms with Gasteiger partial charge < -0.3 is 5.32 Å². The summed E-state index contributed by atoms with van der Waals surface area (Å²) >= 11 is 0. The molecule has 1 N–H and O–H groups in total. The fraction of sp³-hybridized carbons (Fsp3) is 0.333. The Hall–Kier alpha value is -1.74. The van der Waals surface area contributed by atoms with E-state index in [1.165, 1.54) is 12.1 Å². The predicted octanol–water partition coefficient (Wildman–Crippen LogP) is 4.04. The molecule has 1 aliphatic rings. The first-order chi connectivity index (χ1) is 10.2. The van der Waals surface area contributed by atoms with Crippen molar-refractivity contribution in [2.75, 3.05) is 6.54 Å². The topological polar surface area (TPSA) is 12.0 Å². The van der Waals surface area contributed by atoms with Crippen molar-refractivity contribution in [3.63, 3.8) is 0 Å². The molecule has 2 aromatic carbocycles. The first-order valence-electron chi connectivity index (χ1n) is 7.44. The van der Waals surface area contributed by atoms with E-state index in [0.717, 1.165) is 36.9 Å². The van der Waals surface area contributed by atoms with Crippen molar-refractivity contribution in [1.82, 2.24) is 5.32 Å². The van der Waals surface area contributed by atoms with E-state index in [-0.39, 0.29) is 11.6 Å². The molecule has 3 rings (SSSR count). The van der Waals surface area contributed by atoms with Gasteiger partial charge in [-0.1, -0.05) is 30.3 Å². The van der Waals surface area contributed by atoms with Crippen molar-refractivity contribution < 1.29 is 8.78 Å². The molecule has 0 unspecified atom stereocenters. The zero-order valence-corrected chi connectivity index (χ0v) is 11.9. The highest BCUT2D eigenvalue weighted by Crippen LogP contribution is 2.37. The van der Waals surface area contributed by atoms with Crippen molar-refractivity contribution in [2.45, 2.75) is 31.2 Å². The van der Waals surface area contributed by atoms with Crippen LogP contribution in [0, 0.1) is 11.6 Å². The summed E-state index contributed by atoms with van der Waals surface area (Å²) < 4.78 is 26.7. The van der Waals surface area contributed by atoms with Gasteiger partial charge in [-0.3, -0.25) is 0 Å². The Morgan fingerprint density at radius 2 is 1.81 bits per heavy atom. The highest BCUT2D eigenvalue weighted by atomic mass is 19.1. The van der Waals surface area contributed by atoms with E-state index in [9.17, 15) is 8.78 Å². The van der Waals surface area contributed by atoms with E-state index in [0.29, 0.717) is 12.0 Å². The summed E-state index contributed by atoms with van der Waals surface area (Å²) in [4.78, 5) is 0. The van der Waals surface area contributed by atoms with Crippen LogP contribution in [0.3, 0.4) is 0 Å². The largest absolute Gasteiger partial charge is 0.314 e. The minimum absolute atomic E-state index is 0.0966. The molecule has 0 aromatic heterocycles. The predicted molar refractivity (Wildman–Crippen MR) is 80.3 cm³/mol. The van der Waals surface area contributed by atoms with E-state index in [1.807, 2.05) is 18.2 Å². The van der Waals surface area contributed by atoms with Crippen molar-refractivity contribution in [3.05, 3.63) is 71.3 Å². The fourth-order valence-corrected chi connectivity index (χ4v) is 2.96. The molecule has 0 heterocycles. The zero-order chi connectivity index (χ0) is 14.7. The van der Waals surface area contributed by atoms with E-state index in [4.69, 9.17) is 0 Å². The van der Waals surface area contributed by atoms with Crippen LogP contribution in [-0.2, 0) is 6.42 Å². The molecule has 3 heteroatoms. The number of hydrogen-bond acceptors (Lipinski definition) is 1. The Morgan fingerprint density at radius 3 is 2.57 bits per heavy atom. The average molecular weight is 287 g/mol. The first kappa shape index (κ1) is 14.2. The van der Waals surface area contributed by atoms with Gasteiger partial charge in [-0.05, 0) is 61.1 Å². The second-order valence-electron chi connectivity index (χ2n) is 5.72. The Morgan fingerprint density at radius 1 is 1.00 bits per heavy atom. The van der Waals surface area contributed by atoms with Gasteiger partial charge in [-0.25, -0.2) is 8.78 Å². The van der Waals surface area contributed by atoms with Gasteiger partial charge in [-0.15, -0.1) is 0 Å². The Bertz CT molecular complexity index is 606. The van der Waals surface area contributed by atoms with E-state index in [1.54, 1.807) is 18.2 Å². The molecule has 1 saturated carbocycles. The lowest BCUT2D eigenvalue weighted by Crippen LogP contribution is -2.41. The quantitative estimate of drug-likeness (QED) is 0.875. The number of benzene rings is 2. The minimum atomic E-state index is -0.184. The van der Waals surface area contributed by atoms with Crippen molar-refractivity contribution in [1.29, 1.82) is 0 Å². The summed E-state index contributed by atoms with van der Waals surface area (Å²) in [6.07, 6.45) is 2.77. The molecule has 110 valence electrons. The third kappa shape index (κ3) is 3.48. The molecule has 0 spiro atoms. The van der Waals surface area contributed by atoms with Gasteiger partial charge >= 0.3 is 0 Å². The second kappa shape index (κ2) is 6.35. The molecule has 0 atom stereocenters. The summed E-state index contributed by atoms with van der Waals surface area (Å²) in [6, 6.07) is 14.2. The molecule has 0 aliphatic heterocycles. The molecule has 1 aliphatic carbocycles. The van der Waals surface area contributed by atoms with Gasteiger partial charge in [0.2, 0.25) is 0 Å². The van der Waals surface area contributed by atoms with Gasteiger partial charge in [0.15, 0.2) is 0 Å². The van der Waals surface area contributed by atoms with Crippen molar-refractivity contribution in [3.8, 4) is 0 Å². The van der Waals surface area contributed by atoms with E-state index in [2.05, 4.69) is 5.32 Å². The molecule has 1 fully saturated rings. The summed E-state index contributed by atoms with van der Waals surface area (Å²) in [7, 11) is 0. The van der Waals surface area contributed by atoms with Crippen LogP contribution in [0.5, 0.6) is 0 Å². The second-order valence-corrected chi connectivity index (χ2v) is 5.72. The smallest absolute Gasteiger partial charge is 0.126 e. The van der Waals surface area contributed by atoms with Gasteiger partial charge in [0.1, 0.15) is 11.6 Å². The van der Waals surface area contributed by atoms with Crippen LogP contribution in [0.15, 0.2) is 48.5 Å². The summed E-state index contributed by atoms with van der Waals surface area (Å²) in [5.41, 5.74) is 1.84. The van der Waals surface area contributed by atoms with Crippen LogP contribution in [0.25, 0.3) is 0 Å². The Balaban J connectivity index is 1.42. The molecule has 0 saturated heterocycles. The highest BCUT2D eigenvalue weighted by Gasteiger charge is 2.31. The van der Waals surface area contributed by atoms with Crippen molar-refractivity contribution >= 4 is 0 Å². The van der Waals surface area contributed by atoms with Crippen molar-refractivity contribution in [2.24, 2.45) is 0 Å². The number of rotatable bonds is 5. The summed E-state index contributed by atoms with van der Waals surface area (Å²) in [5, 5.41) is 3.46. The lowest BCUT2D eigenvalue weighted by atomic mass is 9.75. The molecule has 0 amide bonds. The van der Waals surface area contributed by atoms with Crippen LogP contribution < -0.4 is 5.32 Å². The van der Waals surface area contributed by atoms with Crippen LogP contribution in [-0.4, -0.2) is 12.6 Å². The monoisotopic (exact) mass is 287 g/mol. The van der Waals surface area contributed by atoms with Gasteiger partial charge in [-0.2, -0.15) is 0 Å². The Labute approximate surface area is 124 Å². The molecule has 0 radical (unpaired) electrons. The molecule has 2 aromatic rings. The zero-order valence-electron chi connectivity index (χ0n) is 11.9. The van der Waals surface area contributed by atoms with Crippen LogP contribution in [0.2, 0.25) is 0 Å². The van der Waals surface area contributed by atoms with E-state index >= 15 is 0 Å². The molecule has 0 bridgehead atoms. The molecular weight excluding hydrogens is 268 g/mol. The lowest BCUT2D eigenvalue weighted by Gasteiger charge is -2.36. The SMILES string of the molecule is Fc1cccc(CCNC2CC(c3ccccc3F)C2)c1. The van der Waals surface area contributed by atoms with Crippen LogP contribution in [0.4, 0.5) is 8.78 Å². The number of halogens is 2. The molecule has 1 nitrogen and oxygen atoms in total. The van der Waals surface area contributed by atoms with Gasteiger partial charge in [0, 0.05) is 6.04 Å².